The van der Waals surface area contributed by atoms with Crippen molar-refractivity contribution in [3.63, 3.8) is 0 Å². The summed E-state index contributed by atoms with van der Waals surface area (Å²) in [5, 5.41) is 4.17. The lowest BCUT2D eigenvalue weighted by Crippen LogP contribution is -2.51. The largest absolute Gasteiger partial charge is 0.384 e. The number of sulfonamides is 1. The second-order valence-corrected chi connectivity index (χ2v) is 9.06. The Labute approximate surface area is 148 Å². The number of ether oxygens (including phenoxy) is 1. The number of carbonyl (C=O) groups excluding carboxylic acids is 1. The van der Waals surface area contributed by atoms with Crippen LogP contribution in [0.25, 0.3) is 0 Å². The Morgan fingerprint density at radius 3 is 2.84 bits per heavy atom. The summed E-state index contributed by atoms with van der Waals surface area (Å²) in [5.41, 5.74) is 0.374. The summed E-state index contributed by atoms with van der Waals surface area (Å²) >= 11 is 0. The van der Waals surface area contributed by atoms with Gasteiger partial charge in [-0.15, -0.1) is 0 Å². The molecular weight excluding hydrogens is 344 g/mol. The molecule has 2 unspecified atom stereocenters. The predicted molar refractivity (Wildman–Crippen MR) is 92.6 cm³/mol. The number of hydrogen-bond acceptors (Lipinski definition) is 5. The van der Waals surface area contributed by atoms with Crippen LogP contribution in [-0.2, 0) is 21.3 Å². The molecule has 0 bridgehead atoms. The number of nitrogens with zero attached hydrogens (tertiary/aromatic N) is 4. The zero-order valence-corrected chi connectivity index (χ0v) is 15.8. The van der Waals surface area contributed by atoms with Crippen molar-refractivity contribution in [3.8, 4) is 0 Å². The Bertz CT molecular complexity index is 747. The molecule has 0 N–H and O–H groups in total. The van der Waals surface area contributed by atoms with Gasteiger partial charge in [0.25, 0.3) is 5.91 Å². The lowest BCUT2D eigenvalue weighted by atomic mass is 9.73. The molecular formula is C16H26N4O4S. The van der Waals surface area contributed by atoms with Crippen LogP contribution in [0.4, 0.5) is 0 Å². The molecule has 0 spiro atoms. The number of amides is 1. The van der Waals surface area contributed by atoms with Crippen molar-refractivity contribution in [1.82, 2.24) is 19.0 Å². The van der Waals surface area contributed by atoms with Crippen molar-refractivity contribution >= 4 is 15.9 Å². The first-order valence-corrected chi connectivity index (χ1v) is 10.4. The van der Waals surface area contributed by atoms with Crippen LogP contribution in [0.3, 0.4) is 0 Å². The molecule has 9 heteroatoms. The molecule has 2 aliphatic heterocycles. The number of likely N-dealkylation sites (tertiary alicyclic amines) is 1. The fourth-order valence-electron chi connectivity index (χ4n) is 4.12. The number of rotatable bonds is 5. The SMILES string of the molecule is CCn1nccc1C(=O)N1CCC2(COC)CN(S(C)(=O)=O)CC2C1. The van der Waals surface area contributed by atoms with E-state index in [0.717, 1.165) is 6.42 Å². The van der Waals surface area contributed by atoms with E-state index in [1.807, 2.05) is 11.8 Å². The number of fused-ring (bicyclic) bond motifs is 1. The quantitative estimate of drug-likeness (QED) is 0.743. The van der Waals surface area contributed by atoms with Crippen molar-refractivity contribution < 1.29 is 17.9 Å². The van der Waals surface area contributed by atoms with E-state index in [2.05, 4.69) is 5.10 Å². The molecule has 2 saturated heterocycles. The number of piperidine rings is 1. The van der Waals surface area contributed by atoms with Gasteiger partial charge in [0.1, 0.15) is 5.69 Å². The van der Waals surface area contributed by atoms with Gasteiger partial charge in [-0.1, -0.05) is 0 Å². The summed E-state index contributed by atoms with van der Waals surface area (Å²) in [6.45, 7) is 5.16. The minimum atomic E-state index is -3.25. The number of hydrogen-bond donors (Lipinski definition) is 0. The maximum atomic E-state index is 12.9. The first-order chi connectivity index (χ1) is 11.8. The zero-order chi connectivity index (χ0) is 18.2. The van der Waals surface area contributed by atoms with Gasteiger partial charge in [0, 0.05) is 51.4 Å². The maximum Gasteiger partial charge on any atom is 0.272 e. The monoisotopic (exact) mass is 370 g/mol. The first-order valence-electron chi connectivity index (χ1n) is 8.56. The molecule has 2 fully saturated rings. The summed E-state index contributed by atoms with van der Waals surface area (Å²) < 4.78 is 32.6. The normalized spacial score (nSPS) is 27.5. The average Bonchev–Trinajstić information content (AvgIpc) is 3.17. The van der Waals surface area contributed by atoms with Gasteiger partial charge in [-0.25, -0.2) is 12.7 Å². The maximum absolute atomic E-state index is 12.9. The molecule has 2 atom stereocenters. The molecule has 8 nitrogen and oxygen atoms in total. The van der Waals surface area contributed by atoms with E-state index in [-0.39, 0.29) is 17.2 Å². The van der Waals surface area contributed by atoms with Crippen molar-refractivity contribution in [2.45, 2.75) is 19.9 Å². The summed E-state index contributed by atoms with van der Waals surface area (Å²) in [6.07, 6.45) is 3.62. The van der Waals surface area contributed by atoms with Gasteiger partial charge in [0.2, 0.25) is 10.0 Å². The van der Waals surface area contributed by atoms with Crippen LogP contribution in [0.1, 0.15) is 23.8 Å². The highest BCUT2D eigenvalue weighted by Gasteiger charge is 2.52. The third kappa shape index (κ3) is 3.32. The van der Waals surface area contributed by atoms with Crippen molar-refractivity contribution in [2.75, 3.05) is 46.2 Å². The van der Waals surface area contributed by atoms with Crippen LogP contribution < -0.4 is 0 Å². The topological polar surface area (TPSA) is 84.7 Å². The van der Waals surface area contributed by atoms with Crippen LogP contribution in [0.5, 0.6) is 0 Å². The summed E-state index contributed by atoms with van der Waals surface area (Å²) in [6, 6.07) is 1.74. The Hall–Kier alpha value is -1.45. The van der Waals surface area contributed by atoms with Gasteiger partial charge in [-0.2, -0.15) is 5.10 Å². The molecule has 0 aliphatic carbocycles. The fraction of sp³-hybridized carbons (Fsp3) is 0.750. The molecule has 1 amide bonds. The highest BCUT2D eigenvalue weighted by molar-refractivity contribution is 7.88. The van der Waals surface area contributed by atoms with E-state index in [4.69, 9.17) is 4.74 Å². The van der Waals surface area contributed by atoms with E-state index in [1.54, 1.807) is 24.1 Å². The Balaban J connectivity index is 1.80. The van der Waals surface area contributed by atoms with E-state index >= 15 is 0 Å². The Morgan fingerprint density at radius 2 is 2.20 bits per heavy atom. The van der Waals surface area contributed by atoms with E-state index in [0.29, 0.717) is 45.0 Å². The predicted octanol–water partition coefficient (Wildman–Crippen LogP) is 0.273. The third-order valence-electron chi connectivity index (χ3n) is 5.52. The minimum absolute atomic E-state index is 0.0387. The molecule has 0 aromatic carbocycles. The zero-order valence-electron chi connectivity index (χ0n) is 15.0. The molecule has 1 aromatic rings. The smallest absolute Gasteiger partial charge is 0.272 e. The van der Waals surface area contributed by atoms with Gasteiger partial charge in [-0.05, 0) is 25.3 Å². The Kier molecular flexibility index (Phi) is 4.91. The molecule has 3 heterocycles. The summed E-state index contributed by atoms with van der Waals surface area (Å²) in [7, 11) is -1.60. The molecule has 25 heavy (non-hydrogen) atoms. The average molecular weight is 370 g/mol. The second kappa shape index (κ2) is 6.69. The van der Waals surface area contributed by atoms with E-state index < -0.39 is 10.0 Å². The van der Waals surface area contributed by atoms with Crippen LogP contribution >= 0.6 is 0 Å². The molecule has 0 radical (unpaired) electrons. The molecule has 1 aromatic heterocycles. The van der Waals surface area contributed by atoms with Gasteiger partial charge in [0.05, 0.1) is 12.9 Å². The van der Waals surface area contributed by atoms with Gasteiger partial charge in [0.15, 0.2) is 0 Å². The van der Waals surface area contributed by atoms with Gasteiger partial charge >= 0.3 is 0 Å². The lowest BCUT2D eigenvalue weighted by molar-refractivity contribution is 0.00302. The highest BCUT2D eigenvalue weighted by atomic mass is 32.2. The molecule has 2 aliphatic rings. The molecule has 0 saturated carbocycles. The summed E-state index contributed by atoms with van der Waals surface area (Å²) in [4.78, 5) is 14.7. The number of methoxy groups -OCH3 is 1. The second-order valence-electron chi connectivity index (χ2n) is 7.08. The van der Waals surface area contributed by atoms with Crippen LogP contribution in [0.2, 0.25) is 0 Å². The third-order valence-corrected chi connectivity index (χ3v) is 6.74. The van der Waals surface area contributed by atoms with Crippen LogP contribution in [-0.4, -0.2) is 79.5 Å². The van der Waals surface area contributed by atoms with Crippen LogP contribution in [0.15, 0.2) is 12.3 Å². The lowest BCUT2D eigenvalue weighted by Gasteiger charge is -2.43. The molecule has 140 valence electrons. The fourth-order valence-corrected chi connectivity index (χ4v) is 5.06. The first kappa shape index (κ1) is 18.3. The van der Waals surface area contributed by atoms with Gasteiger partial charge < -0.3 is 9.64 Å². The van der Waals surface area contributed by atoms with Crippen molar-refractivity contribution in [3.05, 3.63) is 18.0 Å². The number of aromatic nitrogens is 2. The minimum Gasteiger partial charge on any atom is -0.384 e. The Morgan fingerprint density at radius 1 is 1.44 bits per heavy atom. The number of carbonyl (C=O) groups is 1. The van der Waals surface area contributed by atoms with Crippen LogP contribution in [0, 0.1) is 11.3 Å². The summed E-state index contributed by atoms with van der Waals surface area (Å²) in [5.74, 6) is 0.0426. The van der Waals surface area contributed by atoms with Crippen molar-refractivity contribution in [1.29, 1.82) is 0 Å². The van der Waals surface area contributed by atoms with E-state index in [1.165, 1.54) is 10.6 Å². The number of aryl methyl sites for hydroxylation is 1. The van der Waals surface area contributed by atoms with E-state index in [9.17, 15) is 13.2 Å². The highest BCUT2D eigenvalue weighted by Crippen LogP contribution is 2.44. The van der Waals surface area contributed by atoms with Crippen molar-refractivity contribution in [2.24, 2.45) is 11.3 Å². The standard InChI is InChI=1S/C16H26N4O4S/c1-4-20-14(5-7-17-20)15(21)18-8-6-16(12-24-2)11-19(25(3,22)23)10-13(16)9-18/h5,7,13H,4,6,8-12H2,1-3H3. The van der Waals surface area contributed by atoms with Gasteiger partial charge in [-0.3, -0.25) is 9.48 Å². The molecule has 3 rings (SSSR count).